The van der Waals surface area contributed by atoms with E-state index < -0.39 is 0 Å². The molecule has 1 aliphatic rings. The number of nitrogens with one attached hydrogen (secondary N) is 1. The Balaban J connectivity index is 0.000000845. The maximum absolute atomic E-state index is 4.30. The molecule has 0 aliphatic carbocycles. The van der Waals surface area contributed by atoms with Crippen LogP contribution in [0.25, 0.3) is 0 Å². The van der Waals surface area contributed by atoms with Crippen LogP contribution in [0, 0.1) is 0 Å². The van der Waals surface area contributed by atoms with Crippen molar-refractivity contribution in [1.29, 1.82) is 0 Å². The molecule has 2 rings (SSSR count). The summed E-state index contributed by atoms with van der Waals surface area (Å²) in [4.78, 5) is 4.30. The van der Waals surface area contributed by atoms with Crippen molar-refractivity contribution in [2.45, 2.75) is 25.3 Å². The third-order valence-corrected chi connectivity index (χ3v) is 2.34. The summed E-state index contributed by atoms with van der Waals surface area (Å²) in [6.45, 7) is 1.18. The molecular formula is C10H16Cl2N2. The van der Waals surface area contributed by atoms with E-state index in [2.05, 4.69) is 22.4 Å². The highest BCUT2D eigenvalue weighted by molar-refractivity contribution is 5.85. The first-order valence-electron chi connectivity index (χ1n) is 4.58. The Bertz CT molecular complexity index is 235. The van der Waals surface area contributed by atoms with E-state index >= 15 is 0 Å². The van der Waals surface area contributed by atoms with E-state index in [0.717, 1.165) is 6.42 Å². The van der Waals surface area contributed by atoms with Gasteiger partial charge in [-0.25, -0.2) is 0 Å². The molecule has 1 aromatic rings. The van der Waals surface area contributed by atoms with Gasteiger partial charge >= 0.3 is 0 Å². The van der Waals surface area contributed by atoms with Gasteiger partial charge in [0.1, 0.15) is 0 Å². The van der Waals surface area contributed by atoms with Crippen molar-refractivity contribution in [3.8, 4) is 0 Å². The molecule has 1 saturated heterocycles. The van der Waals surface area contributed by atoms with Crippen LogP contribution in [0.2, 0.25) is 0 Å². The Morgan fingerprint density at radius 2 is 2.21 bits per heavy atom. The van der Waals surface area contributed by atoms with Gasteiger partial charge in [0.15, 0.2) is 0 Å². The summed E-state index contributed by atoms with van der Waals surface area (Å²) in [6, 6.07) is 6.78. The standard InChI is InChI=1S/C10H14N2.2ClH/c1-2-6-11-9(4-1)8-10-5-3-7-12-10;;/h1-2,4,6,10,12H,3,5,7-8H2;2*1H. The van der Waals surface area contributed by atoms with E-state index in [9.17, 15) is 0 Å². The monoisotopic (exact) mass is 234 g/mol. The summed E-state index contributed by atoms with van der Waals surface area (Å²) in [5.41, 5.74) is 1.21. The molecule has 4 heteroatoms. The zero-order chi connectivity index (χ0) is 8.23. The van der Waals surface area contributed by atoms with Gasteiger partial charge in [0.25, 0.3) is 0 Å². The molecule has 0 spiro atoms. The van der Waals surface area contributed by atoms with Crippen LogP contribution >= 0.6 is 24.8 Å². The second kappa shape index (κ2) is 7.04. The number of pyridine rings is 1. The van der Waals surface area contributed by atoms with E-state index in [1.807, 2.05) is 12.3 Å². The lowest BCUT2D eigenvalue weighted by Gasteiger charge is -2.08. The molecule has 0 radical (unpaired) electrons. The minimum Gasteiger partial charge on any atom is -0.314 e. The van der Waals surface area contributed by atoms with E-state index in [1.165, 1.54) is 25.1 Å². The second-order valence-corrected chi connectivity index (χ2v) is 3.32. The maximum Gasteiger partial charge on any atom is 0.0419 e. The summed E-state index contributed by atoms with van der Waals surface area (Å²) >= 11 is 0. The minimum absolute atomic E-state index is 0. The normalized spacial score (nSPS) is 19.6. The van der Waals surface area contributed by atoms with Crippen LogP contribution in [0.4, 0.5) is 0 Å². The van der Waals surface area contributed by atoms with Gasteiger partial charge in [0.2, 0.25) is 0 Å². The van der Waals surface area contributed by atoms with Crippen molar-refractivity contribution in [1.82, 2.24) is 10.3 Å². The van der Waals surface area contributed by atoms with Gasteiger partial charge in [-0.2, -0.15) is 0 Å². The molecule has 2 nitrogen and oxygen atoms in total. The van der Waals surface area contributed by atoms with Gasteiger partial charge in [-0.15, -0.1) is 24.8 Å². The highest BCUT2D eigenvalue weighted by Gasteiger charge is 2.14. The van der Waals surface area contributed by atoms with Gasteiger partial charge in [-0.05, 0) is 31.5 Å². The largest absolute Gasteiger partial charge is 0.314 e. The number of aromatic nitrogens is 1. The van der Waals surface area contributed by atoms with Gasteiger partial charge in [0.05, 0.1) is 0 Å². The third kappa shape index (κ3) is 3.82. The van der Waals surface area contributed by atoms with Crippen LogP contribution in [0.3, 0.4) is 0 Å². The Kier molecular flexibility index (Phi) is 6.89. The number of rotatable bonds is 2. The molecule has 1 aromatic heterocycles. The Labute approximate surface area is 97.3 Å². The molecule has 0 bridgehead atoms. The first-order chi connectivity index (χ1) is 5.95. The van der Waals surface area contributed by atoms with Crippen molar-refractivity contribution in [2.75, 3.05) is 6.54 Å². The number of hydrogen-bond acceptors (Lipinski definition) is 2. The quantitative estimate of drug-likeness (QED) is 0.850. The molecule has 0 aromatic carbocycles. The van der Waals surface area contributed by atoms with Gasteiger partial charge in [0, 0.05) is 24.4 Å². The molecule has 1 N–H and O–H groups in total. The highest BCUT2D eigenvalue weighted by atomic mass is 35.5. The summed E-state index contributed by atoms with van der Waals surface area (Å²) < 4.78 is 0. The zero-order valence-corrected chi connectivity index (χ0v) is 9.61. The third-order valence-electron chi connectivity index (χ3n) is 2.34. The fraction of sp³-hybridized carbons (Fsp3) is 0.500. The topological polar surface area (TPSA) is 24.9 Å². The van der Waals surface area contributed by atoms with Crippen LogP contribution in [0.5, 0.6) is 0 Å². The lowest BCUT2D eigenvalue weighted by Crippen LogP contribution is -2.23. The molecule has 1 atom stereocenters. The van der Waals surface area contributed by atoms with E-state index in [4.69, 9.17) is 0 Å². The first kappa shape index (κ1) is 13.7. The SMILES string of the molecule is Cl.Cl.c1ccc(CC2CCCN2)nc1. The van der Waals surface area contributed by atoms with Crippen molar-refractivity contribution in [2.24, 2.45) is 0 Å². The summed E-state index contributed by atoms with van der Waals surface area (Å²) in [7, 11) is 0. The van der Waals surface area contributed by atoms with Gasteiger partial charge in [-0.1, -0.05) is 6.07 Å². The smallest absolute Gasteiger partial charge is 0.0419 e. The number of halogens is 2. The molecule has 0 amide bonds. The lowest BCUT2D eigenvalue weighted by molar-refractivity contribution is 0.595. The fourth-order valence-electron chi connectivity index (χ4n) is 1.70. The Hall–Kier alpha value is -0.310. The van der Waals surface area contributed by atoms with Crippen LogP contribution < -0.4 is 5.32 Å². The molecule has 1 aliphatic heterocycles. The zero-order valence-electron chi connectivity index (χ0n) is 7.98. The Morgan fingerprint density at radius 3 is 2.79 bits per heavy atom. The van der Waals surface area contributed by atoms with Crippen LogP contribution in [-0.2, 0) is 6.42 Å². The lowest BCUT2D eigenvalue weighted by atomic mass is 10.1. The number of nitrogens with zero attached hydrogens (tertiary/aromatic N) is 1. The van der Waals surface area contributed by atoms with Gasteiger partial charge < -0.3 is 5.32 Å². The van der Waals surface area contributed by atoms with E-state index in [0.29, 0.717) is 6.04 Å². The fourth-order valence-corrected chi connectivity index (χ4v) is 1.70. The van der Waals surface area contributed by atoms with E-state index in [1.54, 1.807) is 0 Å². The van der Waals surface area contributed by atoms with Crippen molar-refractivity contribution < 1.29 is 0 Å². The van der Waals surface area contributed by atoms with Crippen LogP contribution in [0.1, 0.15) is 18.5 Å². The second-order valence-electron chi connectivity index (χ2n) is 3.32. The average molecular weight is 235 g/mol. The predicted molar refractivity (Wildman–Crippen MR) is 63.5 cm³/mol. The molecule has 80 valence electrons. The highest BCUT2D eigenvalue weighted by Crippen LogP contribution is 2.09. The molecule has 0 saturated carbocycles. The average Bonchev–Trinajstić information content (AvgIpc) is 2.59. The predicted octanol–water partition coefficient (Wildman–Crippen LogP) is 2.22. The maximum atomic E-state index is 4.30. The van der Waals surface area contributed by atoms with Gasteiger partial charge in [-0.3, -0.25) is 4.98 Å². The minimum atomic E-state index is 0. The summed E-state index contributed by atoms with van der Waals surface area (Å²) in [6.07, 6.45) is 5.57. The summed E-state index contributed by atoms with van der Waals surface area (Å²) in [5, 5.41) is 3.47. The summed E-state index contributed by atoms with van der Waals surface area (Å²) in [5.74, 6) is 0. The molecule has 2 heterocycles. The molecule has 14 heavy (non-hydrogen) atoms. The van der Waals surface area contributed by atoms with Crippen LogP contribution in [0.15, 0.2) is 24.4 Å². The first-order valence-corrected chi connectivity index (χ1v) is 4.58. The van der Waals surface area contributed by atoms with Crippen LogP contribution in [-0.4, -0.2) is 17.6 Å². The van der Waals surface area contributed by atoms with Crippen molar-refractivity contribution >= 4 is 24.8 Å². The molecule has 1 fully saturated rings. The number of hydrogen-bond donors (Lipinski definition) is 1. The Morgan fingerprint density at radius 1 is 1.36 bits per heavy atom. The van der Waals surface area contributed by atoms with Crippen molar-refractivity contribution in [3.05, 3.63) is 30.1 Å². The van der Waals surface area contributed by atoms with E-state index in [-0.39, 0.29) is 24.8 Å². The molecule has 1 unspecified atom stereocenters. The molecular weight excluding hydrogens is 219 g/mol. The van der Waals surface area contributed by atoms with Crippen molar-refractivity contribution in [3.63, 3.8) is 0 Å².